The zero-order valence-corrected chi connectivity index (χ0v) is 13.6. The lowest BCUT2D eigenvalue weighted by atomic mass is 10.3. The van der Waals surface area contributed by atoms with Crippen LogP contribution < -0.4 is 5.32 Å². The molecule has 1 saturated heterocycles. The van der Waals surface area contributed by atoms with Crippen molar-refractivity contribution >= 4 is 50.7 Å². The molecule has 1 atom stereocenters. The van der Waals surface area contributed by atoms with Crippen LogP contribution in [0.5, 0.6) is 0 Å². The molecule has 1 aliphatic heterocycles. The Morgan fingerprint density at radius 2 is 2.15 bits per heavy atom. The maximum absolute atomic E-state index is 11.8. The molecule has 0 aliphatic carbocycles. The van der Waals surface area contributed by atoms with Gasteiger partial charge in [0.15, 0.2) is 9.84 Å². The molecule has 0 unspecified atom stereocenters. The maximum atomic E-state index is 11.8. The van der Waals surface area contributed by atoms with Crippen molar-refractivity contribution in [3.05, 3.63) is 28.2 Å². The summed E-state index contributed by atoms with van der Waals surface area (Å²) in [6, 6.07) is 4.77. The lowest BCUT2D eigenvalue weighted by molar-refractivity contribution is -0.119. The molecule has 1 aromatic carbocycles. The van der Waals surface area contributed by atoms with Crippen LogP contribution in [0.1, 0.15) is 6.42 Å². The van der Waals surface area contributed by atoms with Gasteiger partial charge in [-0.15, -0.1) is 11.8 Å². The van der Waals surface area contributed by atoms with Gasteiger partial charge in [-0.25, -0.2) is 8.42 Å². The molecule has 0 spiro atoms. The fourth-order valence-electron chi connectivity index (χ4n) is 1.91. The van der Waals surface area contributed by atoms with E-state index in [9.17, 15) is 13.2 Å². The van der Waals surface area contributed by atoms with Crippen molar-refractivity contribution in [1.82, 2.24) is 5.32 Å². The highest BCUT2D eigenvalue weighted by Crippen LogP contribution is 2.29. The van der Waals surface area contributed by atoms with Crippen LogP contribution in [0.4, 0.5) is 0 Å². The van der Waals surface area contributed by atoms with Gasteiger partial charge in [-0.3, -0.25) is 4.79 Å². The third kappa shape index (κ3) is 4.55. The summed E-state index contributed by atoms with van der Waals surface area (Å²) < 4.78 is 22.6. The summed E-state index contributed by atoms with van der Waals surface area (Å²) in [7, 11) is -2.98. The van der Waals surface area contributed by atoms with E-state index in [0.717, 1.165) is 4.90 Å². The predicted octanol–water partition coefficient (Wildman–Crippen LogP) is 2.39. The Morgan fingerprint density at radius 3 is 2.80 bits per heavy atom. The predicted molar refractivity (Wildman–Crippen MR) is 82.4 cm³/mol. The van der Waals surface area contributed by atoms with E-state index < -0.39 is 9.84 Å². The topological polar surface area (TPSA) is 63.2 Å². The normalized spacial score (nSPS) is 20.8. The number of thioether (sulfide) groups is 1. The van der Waals surface area contributed by atoms with Crippen LogP contribution in [0.15, 0.2) is 23.1 Å². The number of sulfone groups is 1. The Hall–Kier alpha value is -0.430. The lowest BCUT2D eigenvalue weighted by Gasteiger charge is -2.11. The molecule has 8 heteroatoms. The van der Waals surface area contributed by atoms with Gasteiger partial charge >= 0.3 is 0 Å². The summed E-state index contributed by atoms with van der Waals surface area (Å²) in [6.45, 7) is 0. The Balaban J connectivity index is 1.85. The Labute approximate surface area is 132 Å². The lowest BCUT2D eigenvalue weighted by Crippen LogP contribution is -2.36. The second-order valence-electron chi connectivity index (χ2n) is 4.53. The van der Waals surface area contributed by atoms with Crippen molar-refractivity contribution in [2.75, 3.05) is 17.3 Å². The van der Waals surface area contributed by atoms with E-state index >= 15 is 0 Å². The van der Waals surface area contributed by atoms with E-state index in [2.05, 4.69) is 5.32 Å². The van der Waals surface area contributed by atoms with Gasteiger partial charge in [-0.05, 0) is 24.6 Å². The summed E-state index contributed by atoms with van der Waals surface area (Å²) >= 11 is 13.1. The molecule has 4 nitrogen and oxygen atoms in total. The van der Waals surface area contributed by atoms with Gasteiger partial charge in [0.1, 0.15) is 0 Å². The van der Waals surface area contributed by atoms with E-state index in [0.29, 0.717) is 16.5 Å². The van der Waals surface area contributed by atoms with Crippen LogP contribution in [0.3, 0.4) is 0 Å². The summed E-state index contributed by atoms with van der Waals surface area (Å²) in [4.78, 5) is 12.5. The van der Waals surface area contributed by atoms with Crippen LogP contribution in [0.25, 0.3) is 0 Å². The quantitative estimate of drug-likeness (QED) is 0.844. The number of carbonyl (C=O) groups is 1. The minimum Gasteiger partial charge on any atom is -0.352 e. The van der Waals surface area contributed by atoms with Crippen molar-refractivity contribution in [3.8, 4) is 0 Å². The number of benzene rings is 1. The highest BCUT2D eigenvalue weighted by molar-refractivity contribution is 8.00. The third-order valence-electron chi connectivity index (χ3n) is 2.85. The smallest absolute Gasteiger partial charge is 0.230 e. The molecular weight excluding hydrogens is 341 g/mol. The second-order valence-corrected chi connectivity index (χ2v) is 8.62. The molecule has 1 aromatic rings. The number of hydrogen-bond acceptors (Lipinski definition) is 4. The number of halogens is 2. The van der Waals surface area contributed by atoms with Gasteiger partial charge in [-0.2, -0.15) is 0 Å². The van der Waals surface area contributed by atoms with Gasteiger partial charge in [0.05, 0.1) is 22.3 Å². The van der Waals surface area contributed by atoms with Crippen LogP contribution in [-0.4, -0.2) is 37.6 Å². The molecular formula is C12H13Cl2NO3S2. The molecule has 1 aliphatic rings. The average Bonchev–Trinajstić information content (AvgIpc) is 2.70. The van der Waals surface area contributed by atoms with Gasteiger partial charge in [0.2, 0.25) is 5.91 Å². The molecule has 1 N–H and O–H groups in total. The van der Waals surface area contributed by atoms with Crippen molar-refractivity contribution in [2.45, 2.75) is 17.4 Å². The Bertz CT molecular complexity index is 619. The fourth-order valence-corrected chi connectivity index (χ4v) is 4.89. The minimum atomic E-state index is -2.98. The standard InChI is InChI=1S/C12H13Cl2NO3S2/c13-8-1-2-10(14)11(5-8)19-6-12(16)15-9-3-4-20(17,18)7-9/h1-2,5,9H,3-4,6-7H2,(H,15,16)/t9-/m0/s1. The number of carbonyl (C=O) groups excluding carboxylic acids is 1. The molecule has 110 valence electrons. The molecule has 1 amide bonds. The summed E-state index contributed by atoms with van der Waals surface area (Å²) in [5, 5.41) is 3.82. The van der Waals surface area contributed by atoms with Crippen LogP contribution in [-0.2, 0) is 14.6 Å². The first-order valence-corrected chi connectivity index (χ1v) is 9.50. The van der Waals surface area contributed by atoms with Gasteiger partial charge in [0.25, 0.3) is 0 Å². The van der Waals surface area contributed by atoms with Crippen molar-refractivity contribution < 1.29 is 13.2 Å². The SMILES string of the molecule is O=C(CSc1cc(Cl)ccc1Cl)N[C@H]1CCS(=O)(=O)C1. The number of hydrogen-bond donors (Lipinski definition) is 1. The number of nitrogens with one attached hydrogen (secondary N) is 1. The van der Waals surface area contributed by atoms with E-state index in [-0.39, 0.29) is 29.2 Å². The highest BCUT2D eigenvalue weighted by atomic mass is 35.5. The molecule has 0 bridgehead atoms. The summed E-state index contributed by atoms with van der Waals surface area (Å²) in [5.41, 5.74) is 0. The van der Waals surface area contributed by atoms with E-state index in [1.54, 1.807) is 18.2 Å². The van der Waals surface area contributed by atoms with Crippen LogP contribution >= 0.6 is 35.0 Å². The molecule has 0 saturated carbocycles. The zero-order chi connectivity index (χ0) is 14.8. The molecule has 1 heterocycles. The summed E-state index contributed by atoms with van der Waals surface area (Å²) in [5.74, 6) is 0.150. The van der Waals surface area contributed by atoms with Crippen molar-refractivity contribution in [3.63, 3.8) is 0 Å². The Kier molecular flexibility index (Phi) is 5.23. The molecule has 0 aromatic heterocycles. The first-order chi connectivity index (χ1) is 9.35. The first-order valence-electron chi connectivity index (χ1n) is 5.93. The number of amides is 1. The van der Waals surface area contributed by atoms with Crippen molar-refractivity contribution in [2.24, 2.45) is 0 Å². The van der Waals surface area contributed by atoms with Gasteiger partial charge < -0.3 is 5.32 Å². The molecule has 2 rings (SSSR count). The minimum absolute atomic E-state index is 0.0291. The van der Waals surface area contributed by atoms with Gasteiger partial charge in [-0.1, -0.05) is 23.2 Å². The maximum Gasteiger partial charge on any atom is 0.230 e. The highest BCUT2D eigenvalue weighted by Gasteiger charge is 2.28. The zero-order valence-electron chi connectivity index (χ0n) is 10.4. The fraction of sp³-hybridized carbons (Fsp3) is 0.417. The average molecular weight is 354 g/mol. The molecule has 1 fully saturated rings. The molecule has 20 heavy (non-hydrogen) atoms. The number of rotatable bonds is 4. The summed E-state index contributed by atoms with van der Waals surface area (Å²) in [6.07, 6.45) is 0.483. The Morgan fingerprint density at radius 1 is 1.40 bits per heavy atom. The molecule has 0 radical (unpaired) electrons. The van der Waals surface area contributed by atoms with Crippen LogP contribution in [0.2, 0.25) is 10.0 Å². The van der Waals surface area contributed by atoms with Crippen molar-refractivity contribution in [1.29, 1.82) is 0 Å². The third-order valence-corrected chi connectivity index (χ3v) is 6.35. The first kappa shape index (κ1) is 15.9. The monoisotopic (exact) mass is 353 g/mol. The van der Waals surface area contributed by atoms with E-state index in [1.165, 1.54) is 11.8 Å². The van der Waals surface area contributed by atoms with Gasteiger partial charge in [0, 0.05) is 16.0 Å². The van der Waals surface area contributed by atoms with E-state index in [1.807, 2.05) is 0 Å². The van der Waals surface area contributed by atoms with Crippen LogP contribution in [0, 0.1) is 0 Å². The second kappa shape index (κ2) is 6.56. The van der Waals surface area contributed by atoms with E-state index in [4.69, 9.17) is 23.2 Å². The largest absolute Gasteiger partial charge is 0.352 e.